The van der Waals surface area contributed by atoms with Gasteiger partial charge in [0.1, 0.15) is 18.5 Å². The van der Waals surface area contributed by atoms with Crippen LogP contribution in [0.25, 0.3) is 0 Å². The largest absolute Gasteiger partial charge is 0.530 e. The summed E-state index contributed by atoms with van der Waals surface area (Å²) in [6.45, 7) is -1.11. The summed E-state index contributed by atoms with van der Waals surface area (Å²) in [5.74, 6) is -2.48. The minimum absolute atomic E-state index is 0.153. The van der Waals surface area contributed by atoms with Crippen LogP contribution in [0.1, 0.15) is 28.6 Å². The average Bonchev–Trinajstić information content (AvgIpc) is 3.02. The Balaban J connectivity index is 1.49. The number of aldehydes is 1. The summed E-state index contributed by atoms with van der Waals surface area (Å²) >= 11 is 5.87. The lowest BCUT2D eigenvalue weighted by Crippen LogP contribution is -2.37. The number of aromatic nitrogens is 2. The number of phosphoric acid groups is 1. The van der Waals surface area contributed by atoms with Crippen molar-refractivity contribution in [1.29, 1.82) is 0 Å². The molecular formula is C17H15ClFN2O9P. The number of H-pyrrole nitrogens is 1. The third-order valence-electron chi connectivity index (χ3n) is 4.62. The molecule has 0 bridgehead atoms. The van der Waals surface area contributed by atoms with Crippen molar-refractivity contribution in [2.24, 2.45) is 0 Å². The smallest absolute Gasteiger partial charge is 0.404 e. The fourth-order valence-electron chi connectivity index (χ4n) is 3.15. The summed E-state index contributed by atoms with van der Waals surface area (Å²) in [5, 5.41) is 10.6. The lowest BCUT2D eigenvalue weighted by atomic mass is 10.2. The van der Waals surface area contributed by atoms with Gasteiger partial charge in [-0.25, -0.2) is 13.8 Å². The van der Waals surface area contributed by atoms with Crippen molar-refractivity contribution in [1.82, 2.24) is 9.55 Å². The maximum Gasteiger partial charge on any atom is 0.530 e. The second kappa shape index (κ2) is 7.97. The minimum Gasteiger partial charge on any atom is -0.404 e. The molecule has 1 unspecified atom stereocenters. The molecule has 166 valence electrons. The van der Waals surface area contributed by atoms with E-state index in [0.29, 0.717) is 15.2 Å². The summed E-state index contributed by atoms with van der Waals surface area (Å²) in [6.07, 6.45) is -2.75. The maximum atomic E-state index is 15.2. The van der Waals surface area contributed by atoms with E-state index < -0.39 is 55.8 Å². The molecule has 31 heavy (non-hydrogen) atoms. The number of ether oxygens (including phenoxy) is 1. The van der Waals surface area contributed by atoms with Crippen LogP contribution < -0.4 is 15.8 Å². The number of aliphatic hydroxyl groups is 1. The highest BCUT2D eigenvalue weighted by molar-refractivity contribution is 7.49. The Morgan fingerprint density at radius 1 is 1.45 bits per heavy atom. The number of fused-ring (bicyclic) bond motifs is 1. The molecule has 2 aliphatic heterocycles. The number of carbonyl (C=O) groups is 1. The van der Waals surface area contributed by atoms with E-state index in [1.807, 2.05) is 4.98 Å². The lowest BCUT2D eigenvalue weighted by molar-refractivity contribution is -0.179. The molecule has 4 atom stereocenters. The molecule has 0 radical (unpaired) electrons. The molecule has 2 aliphatic rings. The summed E-state index contributed by atoms with van der Waals surface area (Å²) in [6, 6.07) is 4.51. The number of nitrogens with one attached hydrogen (secondary N) is 1. The molecule has 0 amide bonds. The van der Waals surface area contributed by atoms with Gasteiger partial charge in [0, 0.05) is 23.2 Å². The van der Waals surface area contributed by atoms with Crippen molar-refractivity contribution in [3.05, 3.63) is 61.4 Å². The van der Waals surface area contributed by atoms with Crippen LogP contribution in [0.4, 0.5) is 4.39 Å². The number of aliphatic hydroxyl groups excluding tert-OH is 1. The van der Waals surface area contributed by atoms with E-state index in [1.54, 1.807) is 6.07 Å². The molecule has 3 heterocycles. The second-order valence-corrected chi connectivity index (χ2v) is 8.90. The number of rotatable bonds is 5. The molecule has 0 saturated carbocycles. The fourth-order valence-corrected chi connectivity index (χ4v) is 4.59. The van der Waals surface area contributed by atoms with Crippen molar-refractivity contribution in [3.8, 4) is 5.75 Å². The van der Waals surface area contributed by atoms with Gasteiger partial charge in [0.05, 0.1) is 12.2 Å². The Hall–Kier alpha value is -2.34. The van der Waals surface area contributed by atoms with Gasteiger partial charge in [-0.15, -0.1) is 0 Å². The van der Waals surface area contributed by atoms with Crippen LogP contribution in [0.15, 0.2) is 34.0 Å². The molecular weight excluding hydrogens is 462 g/mol. The third kappa shape index (κ3) is 4.36. The van der Waals surface area contributed by atoms with Crippen molar-refractivity contribution < 1.29 is 37.2 Å². The number of halogens is 2. The first-order valence-electron chi connectivity index (χ1n) is 8.84. The van der Waals surface area contributed by atoms with Crippen LogP contribution in [0.5, 0.6) is 5.75 Å². The van der Waals surface area contributed by atoms with Crippen LogP contribution in [0.2, 0.25) is 5.02 Å². The number of nitrogens with zero attached hydrogens (tertiary/aromatic N) is 1. The monoisotopic (exact) mass is 476 g/mol. The van der Waals surface area contributed by atoms with Gasteiger partial charge in [-0.3, -0.25) is 28.2 Å². The zero-order valence-electron chi connectivity index (χ0n) is 15.5. The number of benzene rings is 1. The van der Waals surface area contributed by atoms with Gasteiger partial charge in [-0.05, 0) is 18.2 Å². The minimum atomic E-state index is -4.20. The Bertz CT molecular complexity index is 1200. The summed E-state index contributed by atoms with van der Waals surface area (Å²) in [4.78, 5) is 36.3. The summed E-state index contributed by atoms with van der Waals surface area (Å²) in [7, 11) is -4.20. The summed E-state index contributed by atoms with van der Waals surface area (Å²) < 4.78 is 49.0. The number of hydrogen-bond donors (Lipinski definition) is 2. The molecule has 11 nitrogen and oxygen atoms in total. The van der Waals surface area contributed by atoms with E-state index in [9.17, 15) is 24.1 Å². The van der Waals surface area contributed by atoms with Crippen molar-refractivity contribution >= 4 is 25.7 Å². The molecule has 2 aromatic rings. The molecule has 0 aliphatic carbocycles. The molecule has 14 heteroatoms. The topological polar surface area (TPSA) is 146 Å². The van der Waals surface area contributed by atoms with E-state index >= 15 is 4.39 Å². The Morgan fingerprint density at radius 2 is 2.23 bits per heavy atom. The van der Waals surface area contributed by atoms with E-state index in [1.165, 1.54) is 12.1 Å². The van der Waals surface area contributed by atoms with E-state index in [2.05, 4.69) is 0 Å². The highest BCUT2D eigenvalue weighted by Crippen LogP contribution is 2.55. The zero-order chi connectivity index (χ0) is 22.4. The van der Waals surface area contributed by atoms with Crippen molar-refractivity contribution in [2.45, 2.75) is 31.2 Å². The number of alkyl halides is 1. The molecule has 4 rings (SSSR count). The standard InChI is InChI=1S/C17H15ClFN2O9P/c18-11-1-2-13-9(3-11)7-27-31(26,30-13)28-8-17(19)4-12(23)15(29-17)21-5-10(6-22)14(24)20-16(21)25/h1-3,5-6,12,15,23H,4,7-8H2,(H,20,24,25)/t12-,15-,17+,31?/m1/s1. The van der Waals surface area contributed by atoms with E-state index in [4.69, 9.17) is 29.9 Å². The van der Waals surface area contributed by atoms with Crippen LogP contribution >= 0.6 is 19.4 Å². The number of aromatic amines is 1. The maximum absolute atomic E-state index is 15.2. The SMILES string of the molecule is O=Cc1cn([C@@H]2O[C@](F)(COP3(=O)OCc4cc(Cl)ccc4O3)C[C@H]2O)c(=O)[nH]c1=O. The van der Waals surface area contributed by atoms with Gasteiger partial charge in [-0.2, -0.15) is 0 Å². The first kappa shape index (κ1) is 21.9. The van der Waals surface area contributed by atoms with Gasteiger partial charge in [0.25, 0.3) is 5.56 Å². The van der Waals surface area contributed by atoms with Gasteiger partial charge in [0.15, 0.2) is 12.5 Å². The van der Waals surface area contributed by atoms with E-state index in [0.717, 1.165) is 6.20 Å². The fraction of sp³-hybridized carbons (Fsp3) is 0.353. The molecule has 0 spiro atoms. The first-order valence-corrected chi connectivity index (χ1v) is 10.7. The van der Waals surface area contributed by atoms with E-state index in [-0.39, 0.29) is 18.6 Å². The van der Waals surface area contributed by atoms with Crippen molar-refractivity contribution in [2.75, 3.05) is 6.61 Å². The summed E-state index contributed by atoms with van der Waals surface area (Å²) in [5.41, 5.74) is -1.86. The number of carbonyl (C=O) groups excluding carboxylic acids is 1. The lowest BCUT2D eigenvalue weighted by Gasteiger charge is -2.27. The van der Waals surface area contributed by atoms with Gasteiger partial charge < -0.3 is 14.4 Å². The Morgan fingerprint density at radius 3 is 2.97 bits per heavy atom. The molecule has 2 N–H and O–H groups in total. The molecule has 1 aromatic heterocycles. The second-order valence-electron chi connectivity index (χ2n) is 6.87. The Labute approximate surface area is 177 Å². The van der Waals surface area contributed by atoms with Gasteiger partial charge in [-0.1, -0.05) is 11.6 Å². The predicted molar refractivity (Wildman–Crippen MR) is 102 cm³/mol. The molecule has 1 fully saturated rings. The third-order valence-corrected chi connectivity index (χ3v) is 6.17. The van der Waals surface area contributed by atoms with Gasteiger partial charge >= 0.3 is 13.5 Å². The number of hydrogen-bond acceptors (Lipinski definition) is 9. The zero-order valence-corrected chi connectivity index (χ0v) is 17.2. The van der Waals surface area contributed by atoms with Crippen LogP contribution in [-0.4, -0.2) is 39.5 Å². The molecule has 1 saturated heterocycles. The van der Waals surface area contributed by atoms with Crippen molar-refractivity contribution in [3.63, 3.8) is 0 Å². The van der Waals surface area contributed by atoms with Crippen LogP contribution in [-0.2, 0) is 25.0 Å². The highest BCUT2D eigenvalue weighted by atomic mass is 35.5. The van der Waals surface area contributed by atoms with Crippen LogP contribution in [0, 0.1) is 0 Å². The van der Waals surface area contributed by atoms with Crippen LogP contribution in [0.3, 0.4) is 0 Å². The first-order chi connectivity index (χ1) is 14.6. The van der Waals surface area contributed by atoms with Gasteiger partial charge in [0.2, 0.25) is 5.85 Å². The average molecular weight is 477 g/mol. The molecule has 1 aromatic carbocycles. The number of phosphoric ester groups is 1. The quantitative estimate of drug-likeness (QED) is 0.486. The Kier molecular flexibility index (Phi) is 5.63. The predicted octanol–water partition coefficient (Wildman–Crippen LogP) is 1.68. The highest BCUT2D eigenvalue weighted by Gasteiger charge is 2.50. The normalized spacial score (nSPS) is 29.9.